The SMILES string of the molecule is CN(C(=N)N)C(=O)CCc1cccc(NC(=O)c2cnc(C3=COCC3)cn2)c1. The van der Waals surface area contributed by atoms with Gasteiger partial charge < -0.3 is 15.8 Å². The summed E-state index contributed by atoms with van der Waals surface area (Å²) < 4.78 is 5.19. The van der Waals surface area contributed by atoms with Crippen molar-refractivity contribution in [1.82, 2.24) is 14.9 Å². The Morgan fingerprint density at radius 3 is 2.79 bits per heavy atom. The third-order valence-corrected chi connectivity index (χ3v) is 4.48. The van der Waals surface area contributed by atoms with Gasteiger partial charge in [-0.3, -0.25) is 24.9 Å². The smallest absolute Gasteiger partial charge is 0.275 e. The Hall–Kier alpha value is -3.75. The fraction of sp³-hybridized carbons (Fsp3) is 0.250. The van der Waals surface area contributed by atoms with Crippen molar-refractivity contribution in [1.29, 1.82) is 5.41 Å². The number of nitrogens with two attached hydrogens (primary N) is 1. The number of anilines is 1. The van der Waals surface area contributed by atoms with Crippen molar-refractivity contribution in [2.45, 2.75) is 19.3 Å². The molecule has 2 aromatic rings. The van der Waals surface area contributed by atoms with Crippen molar-refractivity contribution >= 4 is 29.0 Å². The molecule has 0 aliphatic carbocycles. The standard InChI is InChI=1S/C20H22N6O3/c1-26(20(21)22)18(27)6-5-13-3-2-4-15(9-13)25-19(28)17-11-23-16(10-24-17)14-7-8-29-12-14/h2-4,9-12H,5-8H2,1H3,(H3,21,22)(H,25,28). The third kappa shape index (κ3) is 5.16. The van der Waals surface area contributed by atoms with Crippen LogP contribution in [-0.4, -0.2) is 46.3 Å². The first-order valence-corrected chi connectivity index (χ1v) is 9.08. The highest BCUT2D eigenvalue weighted by Gasteiger charge is 2.14. The Morgan fingerprint density at radius 1 is 1.31 bits per heavy atom. The predicted molar refractivity (Wildman–Crippen MR) is 108 cm³/mol. The van der Waals surface area contributed by atoms with E-state index >= 15 is 0 Å². The number of benzene rings is 1. The molecule has 0 bridgehead atoms. The number of hydrogen-bond donors (Lipinski definition) is 3. The molecule has 150 valence electrons. The van der Waals surface area contributed by atoms with Gasteiger partial charge in [-0.1, -0.05) is 12.1 Å². The minimum absolute atomic E-state index is 0.205. The number of guanidine groups is 1. The molecule has 4 N–H and O–H groups in total. The molecule has 1 aromatic heterocycles. The van der Waals surface area contributed by atoms with Gasteiger partial charge in [0.25, 0.3) is 5.91 Å². The fourth-order valence-electron chi connectivity index (χ4n) is 2.74. The quantitative estimate of drug-likeness (QED) is 0.505. The van der Waals surface area contributed by atoms with E-state index in [2.05, 4.69) is 15.3 Å². The summed E-state index contributed by atoms with van der Waals surface area (Å²) in [5.41, 5.74) is 8.64. The number of rotatable bonds is 6. The second kappa shape index (κ2) is 8.96. The second-order valence-corrected chi connectivity index (χ2v) is 6.54. The van der Waals surface area contributed by atoms with E-state index in [9.17, 15) is 9.59 Å². The highest BCUT2D eigenvalue weighted by Crippen LogP contribution is 2.20. The van der Waals surface area contributed by atoms with Gasteiger partial charge in [-0.15, -0.1) is 0 Å². The topological polar surface area (TPSA) is 134 Å². The van der Waals surface area contributed by atoms with Crippen LogP contribution in [0.4, 0.5) is 5.69 Å². The third-order valence-electron chi connectivity index (χ3n) is 4.48. The highest BCUT2D eigenvalue weighted by atomic mass is 16.5. The Labute approximate surface area is 168 Å². The van der Waals surface area contributed by atoms with Crippen LogP contribution < -0.4 is 11.1 Å². The Bertz CT molecular complexity index is 955. The molecule has 0 atom stereocenters. The number of nitrogens with zero attached hydrogens (tertiary/aromatic N) is 3. The normalized spacial score (nSPS) is 12.7. The van der Waals surface area contributed by atoms with Crippen LogP contribution in [0, 0.1) is 5.41 Å². The number of aromatic nitrogens is 2. The molecule has 2 amide bonds. The lowest BCUT2D eigenvalue weighted by Crippen LogP contribution is -2.38. The van der Waals surface area contributed by atoms with E-state index in [1.54, 1.807) is 30.7 Å². The van der Waals surface area contributed by atoms with Gasteiger partial charge in [-0.05, 0) is 24.1 Å². The molecule has 29 heavy (non-hydrogen) atoms. The van der Waals surface area contributed by atoms with E-state index in [1.807, 2.05) is 6.07 Å². The molecule has 0 saturated heterocycles. The lowest BCUT2D eigenvalue weighted by Gasteiger charge is -2.14. The van der Waals surface area contributed by atoms with Gasteiger partial charge in [0.15, 0.2) is 5.96 Å². The monoisotopic (exact) mass is 394 g/mol. The molecule has 1 aromatic carbocycles. The summed E-state index contributed by atoms with van der Waals surface area (Å²) in [4.78, 5) is 33.9. The average molecular weight is 394 g/mol. The van der Waals surface area contributed by atoms with Crippen molar-refractivity contribution in [3.05, 3.63) is 59.9 Å². The zero-order chi connectivity index (χ0) is 20.8. The number of carbonyl (C=O) groups excluding carboxylic acids is 2. The number of aryl methyl sites for hydroxylation is 1. The van der Waals surface area contributed by atoms with Gasteiger partial charge in [0.05, 0.1) is 31.0 Å². The highest BCUT2D eigenvalue weighted by molar-refractivity contribution is 6.02. The van der Waals surface area contributed by atoms with Crippen molar-refractivity contribution < 1.29 is 14.3 Å². The first-order valence-electron chi connectivity index (χ1n) is 9.08. The minimum atomic E-state index is -0.370. The summed E-state index contributed by atoms with van der Waals surface area (Å²) >= 11 is 0. The van der Waals surface area contributed by atoms with Gasteiger partial charge in [-0.25, -0.2) is 4.98 Å². The fourth-order valence-corrected chi connectivity index (χ4v) is 2.74. The molecule has 0 fully saturated rings. The lowest BCUT2D eigenvalue weighted by molar-refractivity contribution is -0.126. The summed E-state index contributed by atoms with van der Waals surface area (Å²) in [6.45, 7) is 0.631. The molecule has 1 aliphatic heterocycles. The van der Waals surface area contributed by atoms with Gasteiger partial charge in [0.1, 0.15) is 5.69 Å². The molecule has 0 unspecified atom stereocenters. The van der Waals surface area contributed by atoms with Gasteiger partial charge >= 0.3 is 0 Å². The van der Waals surface area contributed by atoms with Crippen LogP contribution in [0.1, 0.15) is 34.6 Å². The van der Waals surface area contributed by atoms with E-state index in [1.165, 1.54) is 13.2 Å². The van der Waals surface area contributed by atoms with Crippen LogP contribution in [-0.2, 0) is 16.0 Å². The van der Waals surface area contributed by atoms with Gasteiger partial charge in [0, 0.05) is 31.1 Å². The van der Waals surface area contributed by atoms with Gasteiger partial charge in [-0.2, -0.15) is 0 Å². The van der Waals surface area contributed by atoms with Crippen LogP contribution >= 0.6 is 0 Å². The zero-order valence-corrected chi connectivity index (χ0v) is 16.0. The molecule has 0 saturated carbocycles. The van der Waals surface area contributed by atoms with Crippen molar-refractivity contribution in [3.8, 4) is 0 Å². The molecule has 1 aliphatic rings. The number of ether oxygens (including phenoxy) is 1. The largest absolute Gasteiger partial charge is 0.500 e. The summed E-state index contributed by atoms with van der Waals surface area (Å²) in [6.07, 6.45) is 6.10. The summed E-state index contributed by atoms with van der Waals surface area (Å²) in [6, 6.07) is 7.21. The molecule has 2 heterocycles. The molecular formula is C20H22N6O3. The molecule has 9 nitrogen and oxygen atoms in total. The lowest BCUT2D eigenvalue weighted by atomic mass is 10.1. The number of nitrogens with one attached hydrogen (secondary N) is 2. The Morgan fingerprint density at radius 2 is 2.14 bits per heavy atom. The van der Waals surface area contributed by atoms with E-state index in [-0.39, 0.29) is 29.9 Å². The van der Waals surface area contributed by atoms with Crippen LogP contribution in [0.5, 0.6) is 0 Å². The molecule has 0 spiro atoms. The number of hydrogen-bond acceptors (Lipinski definition) is 6. The summed E-state index contributed by atoms with van der Waals surface area (Å²) in [5, 5.41) is 10.1. The maximum atomic E-state index is 12.4. The Balaban J connectivity index is 1.60. The predicted octanol–water partition coefficient (Wildman–Crippen LogP) is 1.77. The van der Waals surface area contributed by atoms with E-state index < -0.39 is 0 Å². The minimum Gasteiger partial charge on any atom is -0.500 e. The molecule has 9 heteroatoms. The Kier molecular flexibility index (Phi) is 6.18. The van der Waals surface area contributed by atoms with Crippen LogP contribution in [0.15, 0.2) is 42.9 Å². The van der Waals surface area contributed by atoms with Crippen LogP contribution in [0.25, 0.3) is 5.57 Å². The summed E-state index contributed by atoms with van der Waals surface area (Å²) in [5.74, 6) is -0.907. The molecule has 3 rings (SSSR count). The zero-order valence-electron chi connectivity index (χ0n) is 16.0. The van der Waals surface area contributed by atoms with E-state index in [4.69, 9.17) is 15.9 Å². The number of carbonyl (C=O) groups is 2. The molecular weight excluding hydrogens is 372 g/mol. The van der Waals surface area contributed by atoms with E-state index in [0.29, 0.717) is 24.4 Å². The maximum Gasteiger partial charge on any atom is 0.275 e. The second-order valence-electron chi connectivity index (χ2n) is 6.54. The average Bonchev–Trinajstić information content (AvgIpc) is 3.26. The van der Waals surface area contributed by atoms with E-state index in [0.717, 1.165) is 22.5 Å². The number of amides is 2. The first-order chi connectivity index (χ1) is 13.9. The maximum absolute atomic E-state index is 12.4. The van der Waals surface area contributed by atoms with Crippen molar-refractivity contribution in [2.24, 2.45) is 5.73 Å². The van der Waals surface area contributed by atoms with Crippen molar-refractivity contribution in [2.75, 3.05) is 19.0 Å². The van der Waals surface area contributed by atoms with Crippen LogP contribution in [0.2, 0.25) is 0 Å². The summed E-state index contributed by atoms with van der Waals surface area (Å²) in [7, 11) is 1.46. The van der Waals surface area contributed by atoms with Crippen molar-refractivity contribution in [3.63, 3.8) is 0 Å². The van der Waals surface area contributed by atoms with Gasteiger partial charge in [0.2, 0.25) is 5.91 Å². The molecule has 0 radical (unpaired) electrons. The first kappa shape index (κ1) is 20.0. The van der Waals surface area contributed by atoms with Crippen LogP contribution in [0.3, 0.4) is 0 Å².